The molecular formula is C17H12F2N2O3. The molecule has 1 aliphatic heterocycles. The van der Waals surface area contributed by atoms with Gasteiger partial charge in [-0.25, -0.2) is 8.78 Å². The summed E-state index contributed by atoms with van der Waals surface area (Å²) < 4.78 is 37.4. The molecule has 24 heavy (non-hydrogen) atoms. The number of halogens is 2. The molecule has 0 spiro atoms. The summed E-state index contributed by atoms with van der Waals surface area (Å²) in [7, 11) is 0. The third kappa shape index (κ3) is 2.54. The lowest BCUT2D eigenvalue weighted by Crippen LogP contribution is -2.23. The predicted molar refractivity (Wildman–Crippen MR) is 81.9 cm³/mol. The minimum absolute atomic E-state index is 0.162. The second-order valence-corrected chi connectivity index (χ2v) is 5.40. The molecule has 0 fully saturated rings. The third-order valence-electron chi connectivity index (χ3n) is 3.79. The monoisotopic (exact) mass is 330 g/mol. The Labute approximate surface area is 135 Å². The van der Waals surface area contributed by atoms with Crippen molar-refractivity contribution in [2.45, 2.75) is 6.54 Å². The molecule has 122 valence electrons. The molecule has 0 atom stereocenters. The Balaban J connectivity index is 1.51. The first-order valence-corrected chi connectivity index (χ1v) is 7.24. The summed E-state index contributed by atoms with van der Waals surface area (Å²) in [5.41, 5.74) is 1.23. The van der Waals surface area contributed by atoms with E-state index in [2.05, 4.69) is 10.3 Å². The highest BCUT2D eigenvalue weighted by atomic mass is 19.1. The quantitative estimate of drug-likeness (QED) is 0.776. The Morgan fingerprint density at radius 2 is 1.96 bits per heavy atom. The van der Waals surface area contributed by atoms with E-state index in [-0.39, 0.29) is 29.9 Å². The molecule has 5 nitrogen and oxygen atoms in total. The maximum absolute atomic E-state index is 13.7. The molecule has 2 aromatic carbocycles. The van der Waals surface area contributed by atoms with E-state index in [9.17, 15) is 13.6 Å². The number of carbonyl (C=O) groups is 1. The number of benzene rings is 2. The van der Waals surface area contributed by atoms with Crippen LogP contribution in [0.15, 0.2) is 36.4 Å². The lowest BCUT2D eigenvalue weighted by atomic mass is 10.2. The van der Waals surface area contributed by atoms with Crippen molar-refractivity contribution < 1.29 is 23.0 Å². The van der Waals surface area contributed by atoms with Crippen LogP contribution in [0.2, 0.25) is 0 Å². The summed E-state index contributed by atoms with van der Waals surface area (Å²) in [5, 5.41) is 2.89. The van der Waals surface area contributed by atoms with E-state index in [0.717, 1.165) is 17.7 Å². The summed E-state index contributed by atoms with van der Waals surface area (Å²) in [6.07, 6.45) is 0. The fourth-order valence-electron chi connectivity index (χ4n) is 2.61. The molecule has 0 saturated carbocycles. The predicted octanol–water partition coefficient (Wildman–Crippen LogP) is 3.10. The van der Waals surface area contributed by atoms with Crippen LogP contribution >= 0.6 is 0 Å². The molecule has 1 amide bonds. The van der Waals surface area contributed by atoms with Gasteiger partial charge in [0.15, 0.2) is 11.5 Å². The van der Waals surface area contributed by atoms with Gasteiger partial charge in [0.1, 0.15) is 17.3 Å². The Kier molecular flexibility index (Phi) is 3.34. The fraction of sp³-hybridized carbons (Fsp3) is 0.118. The number of amides is 1. The van der Waals surface area contributed by atoms with E-state index in [4.69, 9.17) is 9.47 Å². The van der Waals surface area contributed by atoms with E-state index < -0.39 is 17.5 Å². The zero-order valence-corrected chi connectivity index (χ0v) is 12.4. The molecule has 7 heteroatoms. The molecule has 1 aromatic heterocycles. The van der Waals surface area contributed by atoms with E-state index in [1.807, 2.05) is 6.07 Å². The largest absolute Gasteiger partial charge is 0.454 e. The number of aromatic amines is 1. The number of H-pyrrole nitrogens is 1. The standard InChI is InChI=1S/C17H12F2N2O3/c18-10-4-12(19)11-6-14(21-13(11)5-10)17(22)20-7-9-1-2-15-16(3-9)24-8-23-15/h1-6,21H,7-8H2,(H,20,22). The van der Waals surface area contributed by atoms with E-state index >= 15 is 0 Å². The summed E-state index contributed by atoms with van der Waals surface area (Å²) in [5.74, 6) is -0.531. The summed E-state index contributed by atoms with van der Waals surface area (Å²) in [4.78, 5) is 14.9. The minimum Gasteiger partial charge on any atom is -0.454 e. The van der Waals surface area contributed by atoms with Crippen molar-refractivity contribution in [3.63, 3.8) is 0 Å². The number of fused-ring (bicyclic) bond motifs is 2. The molecule has 0 bridgehead atoms. The highest BCUT2D eigenvalue weighted by Crippen LogP contribution is 2.32. The van der Waals surface area contributed by atoms with Crippen molar-refractivity contribution in [3.05, 3.63) is 59.3 Å². The maximum Gasteiger partial charge on any atom is 0.267 e. The van der Waals surface area contributed by atoms with Gasteiger partial charge in [0.25, 0.3) is 5.91 Å². The Morgan fingerprint density at radius 3 is 2.83 bits per heavy atom. The molecule has 4 rings (SSSR count). The Morgan fingerprint density at radius 1 is 1.12 bits per heavy atom. The number of ether oxygens (including phenoxy) is 2. The second-order valence-electron chi connectivity index (χ2n) is 5.40. The van der Waals surface area contributed by atoms with E-state index in [1.54, 1.807) is 12.1 Å². The lowest BCUT2D eigenvalue weighted by molar-refractivity contribution is 0.0946. The van der Waals surface area contributed by atoms with Crippen LogP contribution in [0.1, 0.15) is 16.1 Å². The normalized spacial score (nSPS) is 12.6. The zero-order valence-electron chi connectivity index (χ0n) is 12.4. The number of nitrogens with one attached hydrogen (secondary N) is 2. The van der Waals surface area contributed by atoms with Gasteiger partial charge in [0, 0.05) is 18.0 Å². The first-order chi connectivity index (χ1) is 11.6. The molecule has 1 aliphatic rings. The van der Waals surface area contributed by atoms with Gasteiger partial charge in [-0.2, -0.15) is 0 Å². The van der Waals surface area contributed by atoms with Crippen LogP contribution in [0, 0.1) is 11.6 Å². The third-order valence-corrected chi connectivity index (χ3v) is 3.79. The number of rotatable bonds is 3. The maximum atomic E-state index is 13.7. The Bertz CT molecular complexity index is 952. The molecule has 2 heterocycles. The lowest BCUT2D eigenvalue weighted by Gasteiger charge is -2.05. The molecule has 0 aliphatic carbocycles. The van der Waals surface area contributed by atoms with E-state index in [1.165, 1.54) is 6.07 Å². The van der Waals surface area contributed by atoms with Crippen LogP contribution in [-0.4, -0.2) is 17.7 Å². The van der Waals surface area contributed by atoms with Gasteiger partial charge in [0.05, 0.1) is 5.52 Å². The van der Waals surface area contributed by atoms with Crippen molar-refractivity contribution in [2.24, 2.45) is 0 Å². The van der Waals surface area contributed by atoms with Crippen molar-refractivity contribution in [1.29, 1.82) is 0 Å². The average molecular weight is 330 g/mol. The Hall–Kier alpha value is -3.09. The number of aromatic nitrogens is 1. The first-order valence-electron chi connectivity index (χ1n) is 7.24. The van der Waals surface area contributed by atoms with Crippen LogP contribution in [0.3, 0.4) is 0 Å². The minimum atomic E-state index is -0.712. The average Bonchev–Trinajstić information content (AvgIpc) is 3.18. The van der Waals surface area contributed by atoms with Gasteiger partial charge in [-0.15, -0.1) is 0 Å². The fourth-order valence-corrected chi connectivity index (χ4v) is 2.61. The highest BCUT2D eigenvalue weighted by molar-refractivity contribution is 5.98. The van der Waals surface area contributed by atoms with E-state index in [0.29, 0.717) is 11.5 Å². The van der Waals surface area contributed by atoms with Crippen molar-refractivity contribution in [2.75, 3.05) is 6.79 Å². The van der Waals surface area contributed by atoms with Gasteiger partial charge in [-0.05, 0) is 29.8 Å². The summed E-state index contributed by atoms with van der Waals surface area (Å²) in [6, 6.07) is 8.65. The molecule has 0 unspecified atom stereocenters. The van der Waals surface area contributed by atoms with Gasteiger partial charge in [0.2, 0.25) is 6.79 Å². The molecule has 0 saturated heterocycles. The number of hydrogen-bond acceptors (Lipinski definition) is 3. The van der Waals surface area contributed by atoms with Crippen LogP contribution in [0.25, 0.3) is 10.9 Å². The van der Waals surface area contributed by atoms with Gasteiger partial charge < -0.3 is 19.8 Å². The summed E-state index contributed by atoms with van der Waals surface area (Å²) >= 11 is 0. The molecule has 3 aromatic rings. The van der Waals surface area contributed by atoms with Crippen LogP contribution < -0.4 is 14.8 Å². The van der Waals surface area contributed by atoms with Crippen molar-refractivity contribution >= 4 is 16.8 Å². The first kappa shape index (κ1) is 14.5. The zero-order chi connectivity index (χ0) is 16.7. The van der Waals surface area contributed by atoms with Gasteiger partial charge in [-0.3, -0.25) is 4.79 Å². The van der Waals surface area contributed by atoms with Crippen LogP contribution in [-0.2, 0) is 6.54 Å². The molecule has 0 radical (unpaired) electrons. The highest BCUT2D eigenvalue weighted by Gasteiger charge is 2.15. The topological polar surface area (TPSA) is 63.4 Å². The van der Waals surface area contributed by atoms with Crippen LogP contribution in [0.4, 0.5) is 8.78 Å². The van der Waals surface area contributed by atoms with Gasteiger partial charge >= 0.3 is 0 Å². The molecular weight excluding hydrogens is 318 g/mol. The van der Waals surface area contributed by atoms with Gasteiger partial charge in [-0.1, -0.05) is 6.07 Å². The van der Waals surface area contributed by atoms with Crippen LogP contribution in [0.5, 0.6) is 11.5 Å². The molecule has 2 N–H and O–H groups in total. The van der Waals surface area contributed by atoms with Crippen molar-refractivity contribution in [3.8, 4) is 11.5 Å². The van der Waals surface area contributed by atoms with Crippen molar-refractivity contribution in [1.82, 2.24) is 10.3 Å². The summed E-state index contributed by atoms with van der Waals surface area (Å²) in [6.45, 7) is 0.448. The smallest absolute Gasteiger partial charge is 0.267 e. The number of hydrogen-bond donors (Lipinski definition) is 2. The number of carbonyl (C=O) groups excluding carboxylic acids is 1. The second kappa shape index (κ2) is 5.52. The SMILES string of the molecule is O=C(NCc1ccc2c(c1)OCO2)c1cc2c(F)cc(F)cc2[nH]1.